The molecule has 8 heteroatoms. The number of halogens is 3. The average Bonchev–Trinajstić information content (AvgIpc) is 2.67. The Kier molecular flexibility index (Phi) is 5.79. The molecule has 0 spiro atoms. The summed E-state index contributed by atoms with van der Waals surface area (Å²) in [7, 11) is -3.34. The van der Waals surface area contributed by atoms with Crippen LogP contribution in [0.25, 0.3) is 0 Å². The largest absolute Gasteiger partial charge is 0.416 e. The van der Waals surface area contributed by atoms with Crippen LogP contribution in [0.3, 0.4) is 0 Å². The summed E-state index contributed by atoms with van der Waals surface area (Å²) in [6, 6.07) is 13.0. The van der Waals surface area contributed by atoms with Crippen LogP contribution in [0.1, 0.15) is 34.3 Å². The highest BCUT2D eigenvalue weighted by atomic mass is 32.2. The average molecular weight is 411 g/mol. The van der Waals surface area contributed by atoms with Crippen LogP contribution in [0.2, 0.25) is 0 Å². The standard InChI is InChI=1S/C20H20F3NO3S/c21-20(22,23)17-8-6-16(7-9-17)19(25)24-12-10-18(11-13-24)28(26,27)14-15-4-2-1-3-5-15/h1-9,18H,10-14H2. The molecule has 0 N–H and O–H groups in total. The molecule has 0 saturated carbocycles. The van der Waals surface area contributed by atoms with Gasteiger partial charge in [0.05, 0.1) is 16.6 Å². The first-order valence-corrected chi connectivity index (χ1v) is 10.6. The molecule has 4 nitrogen and oxygen atoms in total. The zero-order valence-electron chi connectivity index (χ0n) is 15.0. The van der Waals surface area contributed by atoms with E-state index in [1.54, 1.807) is 24.3 Å². The minimum Gasteiger partial charge on any atom is -0.339 e. The molecule has 0 aliphatic carbocycles. The van der Waals surface area contributed by atoms with Crippen LogP contribution in [0.4, 0.5) is 13.2 Å². The highest BCUT2D eigenvalue weighted by molar-refractivity contribution is 7.91. The zero-order chi connectivity index (χ0) is 20.4. The van der Waals surface area contributed by atoms with Crippen molar-refractivity contribution in [2.45, 2.75) is 30.0 Å². The summed E-state index contributed by atoms with van der Waals surface area (Å²) in [5.74, 6) is -0.418. The van der Waals surface area contributed by atoms with Crippen LogP contribution < -0.4 is 0 Å². The van der Waals surface area contributed by atoms with Gasteiger partial charge in [0.2, 0.25) is 0 Å². The molecule has 1 fully saturated rings. The Morgan fingerprint density at radius 2 is 1.54 bits per heavy atom. The van der Waals surface area contributed by atoms with Gasteiger partial charge >= 0.3 is 6.18 Å². The van der Waals surface area contributed by atoms with Crippen LogP contribution in [-0.2, 0) is 21.8 Å². The molecule has 1 saturated heterocycles. The highest BCUT2D eigenvalue weighted by Crippen LogP contribution is 2.29. The Morgan fingerprint density at radius 3 is 2.07 bits per heavy atom. The first kappa shape index (κ1) is 20.4. The Hall–Kier alpha value is -2.35. The molecule has 0 bridgehead atoms. The lowest BCUT2D eigenvalue weighted by atomic mass is 10.1. The second kappa shape index (κ2) is 7.95. The summed E-state index contributed by atoms with van der Waals surface area (Å²) in [4.78, 5) is 14.0. The number of hydrogen-bond donors (Lipinski definition) is 0. The number of carbonyl (C=O) groups excluding carboxylic acids is 1. The van der Waals surface area contributed by atoms with Crippen LogP contribution in [0.15, 0.2) is 54.6 Å². The van der Waals surface area contributed by atoms with E-state index < -0.39 is 26.8 Å². The minimum absolute atomic E-state index is 0.0364. The molecular weight excluding hydrogens is 391 g/mol. The summed E-state index contributed by atoms with van der Waals surface area (Å²) < 4.78 is 63.1. The van der Waals surface area contributed by atoms with E-state index in [2.05, 4.69) is 0 Å². The molecule has 1 aliphatic heterocycles. The van der Waals surface area contributed by atoms with E-state index in [1.807, 2.05) is 6.07 Å². The first-order valence-electron chi connectivity index (χ1n) is 8.89. The van der Waals surface area contributed by atoms with Crippen molar-refractivity contribution in [3.05, 3.63) is 71.3 Å². The van der Waals surface area contributed by atoms with Crippen molar-refractivity contribution in [2.24, 2.45) is 0 Å². The van der Waals surface area contributed by atoms with Crippen molar-refractivity contribution in [1.29, 1.82) is 0 Å². The fourth-order valence-corrected chi connectivity index (χ4v) is 5.15. The lowest BCUT2D eigenvalue weighted by molar-refractivity contribution is -0.137. The number of benzene rings is 2. The van der Waals surface area contributed by atoms with Gasteiger partial charge in [-0.1, -0.05) is 30.3 Å². The second-order valence-corrected chi connectivity index (χ2v) is 9.14. The van der Waals surface area contributed by atoms with Crippen molar-refractivity contribution in [3.63, 3.8) is 0 Å². The molecule has 1 aliphatic rings. The number of sulfone groups is 1. The van der Waals surface area contributed by atoms with Gasteiger partial charge in [-0.15, -0.1) is 0 Å². The number of rotatable bonds is 4. The third-order valence-electron chi connectivity index (χ3n) is 4.91. The van der Waals surface area contributed by atoms with Gasteiger partial charge in [-0.05, 0) is 42.7 Å². The van der Waals surface area contributed by atoms with E-state index in [-0.39, 0.29) is 30.3 Å². The van der Waals surface area contributed by atoms with Crippen LogP contribution in [0, 0.1) is 0 Å². The maximum Gasteiger partial charge on any atom is 0.416 e. The van der Waals surface area contributed by atoms with E-state index in [4.69, 9.17) is 0 Å². The van der Waals surface area contributed by atoms with Gasteiger partial charge in [-0.25, -0.2) is 8.42 Å². The minimum atomic E-state index is -4.45. The van der Waals surface area contributed by atoms with Gasteiger partial charge in [0.15, 0.2) is 9.84 Å². The van der Waals surface area contributed by atoms with Crippen LogP contribution in [-0.4, -0.2) is 37.6 Å². The Bertz CT molecular complexity index is 917. The molecule has 0 atom stereocenters. The van der Waals surface area contributed by atoms with E-state index in [9.17, 15) is 26.4 Å². The topological polar surface area (TPSA) is 54.5 Å². The third kappa shape index (κ3) is 4.73. The van der Waals surface area contributed by atoms with Crippen molar-refractivity contribution in [3.8, 4) is 0 Å². The number of nitrogens with zero attached hydrogens (tertiary/aromatic N) is 1. The van der Waals surface area contributed by atoms with Crippen molar-refractivity contribution >= 4 is 15.7 Å². The molecule has 28 heavy (non-hydrogen) atoms. The predicted octanol–water partition coefficient (Wildman–Crippen LogP) is 3.93. The quantitative estimate of drug-likeness (QED) is 0.766. The lowest BCUT2D eigenvalue weighted by Crippen LogP contribution is -2.42. The van der Waals surface area contributed by atoms with Gasteiger partial charge in [0.1, 0.15) is 0 Å². The molecule has 0 radical (unpaired) electrons. The fourth-order valence-electron chi connectivity index (χ4n) is 3.33. The molecular formula is C20H20F3NO3S. The Labute approximate surface area is 161 Å². The summed E-state index contributed by atoms with van der Waals surface area (Å²) in [5.41, 5.74) is 0.0825. The number of likely N-dealkylation sites (tertiary alicyclic amines) is 1. The van der Waals surface area contributed by atoms with Crippen molar-refractivity contribution < 1.29 is 26.4 Å². The number of carbonyl (C=O) groups is 1. The molecule has 2 aromatic carbocycles. The maximum atomic E-state index is 12.6. The summed E-state index contributed by atoms with van der Waals surface area (Å²) in [5, 5.41) is -0.524. The monoisotopic (exact) mass is 411 g/mol. The van der Waals surface area contributed by atoms with E-state index >= 15 is 0 Å². The molecule has 0 aromatic heterocycles. The normalized spacial score (nSPS) is 16.2. The van der Waals surface area contributed by atoms with Gasteiger partial charge in [0, 0.05) is 18.7 Å². The molecule has 2 aromatic rings. The van der Waals surface area contributed by atoms with E-state index in [0.29, 0.717) is 12.8 Å². The molecule has 1 amide bonds. The molecule has 1 heterocycles. The highest BCUT2D eigenvalue weighted by Gasteiger charge is 2.33. The zero-order valence-corrected chi connectivity index (χ0v) is 15.8. The maximum absolute atomic E-state index is 12.6. The van der Waals surface area contributed by atoms with E-state index in [1.165, 1.54) is 4.90 Å². The smallest absolute Gasteiger partial charge is 0.339 e. The number of hydrogen-bond acceptors (Lipinski definition) is 3. The predicted molar refractivity (Wildman–Crippen MR) is 99.4 cm³/mol. The number of amides is 1. The lowest BCUT2D eigenvalue weighted by Gasteiger charge is -2.32. The number of alkyl halides is 3. The van der Waals surface area contributed by atoms with Gasteiger partial charge in [-0.3, -0.25) is 4.79 Å². The van der Waals surface area contributed by atoms with Gasteiger partial charge in [-0.2, -0.15) is 13.2 Å². The molecule has 3 rings (SSSR count). The molecule has 0 unspecified atom stereocenters. The third-order valence-corrected chi connectivity index (χ3v) is 7.13. The van der Waals surface area contributed by atoms with Crippen molar-refractivity contribution in [2.75, 3.05) is 13.1 Å². The molecule has 150 valence electrons. The Morgan fingerprint density at radius 1 is 0.964 bits per heavy atom. The SMILES string of the molecule is O=C(c1ccc(C(F)(F)F)cc1)N1CCC(S(=O)(=O)Cc2ccccc2)CC1. The van der Waals surface area contributed by atoms with Gasteiger partial charge < -0.3 is 4.90 Å². The summed E-state index contributed by atoms with van der Waals surface area (Å²) >= 11 is 0. The summed E-state index contributed by atoms with van der Waals surface area (Å²) in [6.45, 7) is 0.525. The van der Waals surface area contributed by atoms with Gasteiger partial charge in [0.25, 0.3) is 5.91 Å². The first-order chi connectivity index (χ1) is 13.2. The number of piperidine rings is 1. The van der Waals surface area contributed by atoms with E-state index in [0.717, 1.165) is 29.8 Å². The van der Waals surface area contributed by atoms with Crippen molar-refractivity contribution in [1.82, 2.24) is 4.90 Å². The Balaban J connectivity index is 1.61. The summed E-state index contributed by atoms with van der Waals surface area (Å²) in [6.07, 6.45) is -3.81. The van der Waals surface area contributed by atoms with Crippen LogP contribution in [0.5, 0.6) is 0 Å². The van der Waals surface area contributed by atoms with Crippen LogP contribution >= 0.6 is 0 Å². The fraction of sp³-hybridized carbons (Fsp3) is 0.350. The second-order valence-electron chi connectivity index (χ2n) is 6.86.